The number of hydrogen-bond acceptors (Lipinski definition) is 3. The molecule has 1 amide bonds. The number of likely N-dealkylation sites (tertiary alicyclic amines) is 1. The molecule has 0 aromatic heterocycles. The van der Waals surface area contributed by atoms with E-state index in [9.17, 15) is 9.90 Å². The molecule has 1 aliphatic heterocycles. The third kappa shape index (κ3) is 3.54. The van der Waals surface area contributed by atoms with Crippen LogP contribution in [0.25, 0.3) is 0 Å². The summed E-state index contributed by atoms with van der Waals surface area (Å²) < 4.78 is 5.44. The summed E-state index contributed by atoms with van der Waals surface area (Å²) in [5.74, 6) is -0.161. The zero-order chi connectivity index (χ0) is 17.9. The number of carbonyl (C=O) groups is 1. The number of carbonyl (C=O) groups excluding carboxylic acids is 1. The van der Waals surface area contributed by atoms with Crippen LogP contribution in [0.4, 0.5) is 4.79 Å². The second-order valence-corrected chi connectivity index (χ2v) is 6.94. The highest BCUT2D eigenvalue weighted by Crippen LogP contribution is 2.41. The molecule has 1 heterocycles. The van der Waals surface area contributed by atoms with Gasteiger partial charge in [-0.15, -0.1) is 0 Å². The van der Waals surface area contributed by atoms with Crippen molar-refractivity contribution in [3.05, 3.63) is 71.8 Å². The number of benzene rings is 2. The second kappa shape index (κ2) is 7.28. The van der Waals surface area contributed by atoms with Crippen molar-refractivity contribution < 1.29 is 14.6 Å². The first-order valence-electron chi connectivity index (χ1n) is 8.75. The van der Waals surface area contributed by atoms with Crippen molar-refractivity contribution in [2.45, 2.75) is 26.1 Å². The Morgan fingerprint density at radius 1 is 1.04 bits per heavy atom. The number of rotatable bonds is 3. The predicted molar refractivity (Wildman–Crippen MR) is 96.9 cm³/mol. The summed E-state index contributed by atoms with van der Waals surface area (Å²) in [5.41, 5.74) is 0.944. The third-order valence-corrected chi connectivity index (χ3v) is 5.19. The van der Waals surface area contributed by atoms with Crippen molar-refractivity contribution in [2.75, 3.05) is 13.1 Å². The molecule has 3 rings (SSSR count). The Labute approximate surface area is 149 Å². The van der Waals surface area contributed by atoms with Crippen LogP contribution in [-0.4, -0.2) is 29.2 Å². The minimum atomic E-state index is -0.933. The fraction of sp³-hybridized carbons (Fsp3) is 0.381. The van der Waals surface area contributed by atoms with E-state index in [0.29, 0.717) is 13.1 Å². The van der Waals surface area contributed by atoms with Gasteiger partial charge in [0, 0.05) is 24.9 Å². The number of hydrogen-bond donors (Lipinski definition) is 1. The van der Waals surface area contributed by atoms with Crippen LogP contribution < -0.4 is 0 Å². The van der Waals surface area contributed by atoms with Crippen molar-refractivity contribution in [1.82, 2.24) is 4.90 Å². The molecule has 132 valence electrons. The van der Waals surface area contributed by atoms with Gasteiger partial charge in [-0.25, -0.2) is 4.79 Å². The molecule has 4 heteroatoms. The van der Waals surface area contributed by atoms with Crippen LogP contribution in [0, 0.1) is 11.8 Å². The molecule has 3 atom stereocenters. The van der Waals surface area contributed by atoms with E-state index in [1.165, 1.54) is 0 Å². The summed E-state index contributed by atoms with van der Waals surface area (Å²) in [7, 11) is 0. The van der Waals surface area contributed by atoms with Crippen LogP contribution in [0.5, 0.6) is 0 Å². The lowest BCUT2D eigenvalue weighted by Gasteiger charge is -2.47. The van der Waals surface area contributed by atoms with Gasteiger partial charge in [0.1, 0.15) is 6.61 Å². The van der Waals surface area contributed by atoms with Gasteiger partial charge in [0.05, 0.1) is 5.60 Å². The summed E-state index contributed by atoms with van der Waals surface area (Å²) >= 11 is 0. The van der Waals surface area contributed by atoms with Crippen LogP contribution in [0.3, 0.4) is 0 Å². The van der Waals surface area contributed by atoms with Crippen molar-refractivity contribution in [3.8, 4) is 0 Å². The first-order valence-corrected chi connectivity index (χ1v) is 8.75. The van der Waals surface area contributed by atoms with E-state index in [1.807, 2.05) is 74.5 Å². The van der Waals surface area contributed by atoms with E-state index < -0.39 is 5.60 Å². The minimum absolute atomic E-state index is 0.0806. The lowest BCUT2D eigenvalue weighted by molar-refractivity contribution is -0.108. The number of nitrogens with zero attached hydrogens (tertiary/aromatic N) is 1. The smallest absolute Gasteiger partial charge is 0.410 e. The van der Waals surface area contributed by atoms with Gasteiger partial charge in [-0.05, 0) is 11.1 Å². The zero-order valence-electron chi connectivity index (χ0n) is 14.8. The molecule has 0 saturated carbocycles. The molecule has 0 spiro atoms. The van der Waals surface area contributed by atoms with Crippen molar-refractivity contribution >= 4 is 6.09 Å². The van der Waals surface area contributed by atoms with Gasteiger partial charge in [-0.2, -0.15) is 0 Å². The minimum Gasteiger partial charge on any atom is -0.445 e. The molecule has 1 aliphatic rings. The maximum atomic E-state index is 12.4. The number of amides is 1. The van der Waals surface area contributed by atoms with Crippen LogP contribution in [-0.2, 0) is 16.9 Å². The fourth-order valence-electron chi connectivity index (χ4n) is 3.73. The highest BCUT2D eigenvalue weighted by atomic mass is 16.6. The van der Waals surface area contributed by atoms with Crippen molar-refractivity contribution in [3.63, 3.8) is 0 Å². The second-order valence-electron chi connectivity index (χ2n) is 6.94. The van der Waals surface area contributed by atoms with E-state index in [2.05, 4.69) is 0 Å². The van der Waals surface area contributed by atoms with Crippen LogP contribution in [0.2, 0.25) is 0 Å². The predicted octanol–water partition coefficient (Wildman–Crippen LogP) is 3.80. The Hall–Kier alpha value is -2.33. The molecule has 2 aromatic rings. The Morgan fingerprint density at radius 3 is 2.12 bits per heavy atom. The average molecular weight is 339 g/mol. The molecule has 1 fully saturated rings. The molecule has 25 heavy (non-hydrogen) atoms. The number of piperidine rings is 1. The largest absolute Gasteiger partial charge is 0.445 e. The van der Waals surface area contributed by atoms with Crippen LogP contribution >= 0.6 is 0 Å². The van der Waals surface area contributed by atoms with Crippen molar-refractivity contribution in [2.24, 2.45) is 11.8 Å². The highest BCUT2D eigenvalue weighted by Gasteiger charge is 2.46. The summed E-state index contributed by atoms with van der Waals surface area (Å²) in [6.07, 6.45) is -0.322. The lowest BCUT2D eigenvalue weighted by Crippen LogP contribution is -2.55. The van der Waals surface area contributed by atoms with E-state index in [4.69, 9.17) is 4.74 Å². The maximum absolute atomic E-state index is 12.4. The van der Waals surface area contributed by atoms with Gasteiger partial charge in [0.25, 0.3) is 0 Å². The molecule has 1 unspecified atom stereocenters. The fourth-order valence-corrected chi connectivity index (χ4v) is 3.73. The first kappa shape index (κ1) is 17.5. The van der Waals surface area contributed by atoms with E-state index in [1.54, 1.807) is 4.90 Å². The van der Waals surface area contributed by atoms with E-state index >= 15 is 0 Å². The molecule has 1 saturated heterocycles. The average Bonchev–Trinajstić information content (AvgIpc) is 2.65. The molecule has 1 N–H and O–H groups in total. The summed E-state index contributed by atoms with van der Waals surface area (Å²) in [6, 6.07) is 19.4. The molecule has 2 aromatic carbocycles. The molecular formula is C21H25NO3. The SMILES string of the molecule is C[C@@H]1CN(C(=O)OCc2ccccc2)C[C@H](C)C1(O)c1ccccc1. The Kier molecular flexibility index (Phi) is 5.09. The Bertz CT molecular complexity index is 690. The maximum Gasteiger partial charge on any atom is 0.410 e. The molecular weight excluding hydrogens is 314 g/mol. The van der Waals surface area contributed by atoms with Crippen LogP contribution in [0.1, 0.15) is 25.0 Å². The zero-order valence-corrected chi connectivity index (χ0v) is 14.8. The number of ether oxygens (including phenoxy) is 1. The topological polar surface area (TPSA) is 49.8 Å². The standard InChI is InChI=1S/C21H25NO3/c1-16-13-22(20(23)25-15-18-9-5-3-6-10-18)14-17(2)21(16,24)19-11-7-4-8-12-19/h3-12,16-17,24H,13-15H2,1-2H3/t16-,17+,21?. The summed E-state index contributed by atoms with van der Waals surface area (Å²) in [6.45, 7) is 5.19. The van der Waals surface area contributed by atoms with Gasteiger partial charge >= 0.3 is 6.09 Å². The van der Waals surface area contributed by atoms with Gasteiger partial charge < -0.3 is 14.7 Å². The van der Waals surface area contributed by atoms with Gasteiger partial charge in [0.2, 0.25) is 0 Å². The van der Waals surface area contributed by atoms with E-state index in [-0.39, 0.29) is 24.5 Å². The normalized spacial score (nSPS) is 26.3. The first-order chi connectivity index (χ1) is 12.0. The summed E-state index contributed by atoms with van der Waals surface area (Å²) in [4.78, 5) is 14.1. The van der Waals surface area contributed by atoms with Crippen molar-refractivity contribution in [1.29, 1.82) is 0 Å². The van der Waals surface area contributed by atoms with Gasteiger partial charge in [0.15, 0.2) is 0 Å². The Balaban J connectivity index is 1.66. The Morgan fingerprint density at radius 2 is 1.56 bits per heavy atom. The highest BCUT2D eigenvalue weighted by molar-refractivity contribution is 5.68. The summed E-state index contributed by atoms with van der Waals surface area (Å²) in [5, 5.41) is 11.3. The molecule has 0 radical (unpaired) electrons. The van der Waals surface area contributed by atoms with E-state index in [0.717, 1.165) is 11.1 Å². The monoisotopic (exact) mass is 339 g/mol. The quantitative estimate of drug-likeness (QED) is 0.925. The third-order valence-electron chi connectivity index (χ3n) is 5.19. The van der Waals surface area contributed by atoms with Gasteiger partial charge in [-0.1, -0.05) is 74.5 Å². The molecule has 0 bridgehead atoms. The molecule has 4 nitrogen and oxygen atoms in total. The van der Waals surface area contributed by atoms with Gasteiger partial charge in [-0.3, -0.25) is 0 Å². The lowest BCUT2D eigenvalue weighted by atomic mass is 9.71. The van der Waals surface area contributed by atoms with Crippen LogP contribution in [0.15, 0.2) is 60.7 Å². The molecule has 0 aliphatic carbocycles. The number of aliphatic hydroxyl groups is 1.